The van der Waals surface area contributed by atoms with Gasteiger partial charge in [0.05, 0.1) is 39.2 Å². The van der Waals surface area contributed by atoms with Crippen molar-refractivity contribution < 1.29 is 0 Å². The molecule has 6 heteroatoms. The summed E-state index contributed by atoms with van der Waals surface area (Å²) >= 11 is 0. The molecule has 0 aromatic heterocycles. The highest BCUT2D eigenvalue weighted by molar-refractivity contribution is 6.57. The zero-order chi connectivity index (χ0) is 12.1. The van der Waals surface area contributed by atoms with Crippen LogP contribution in [0.2, 0.25) is 11.0 Å². The largest absolute Gasteiger partial charge is 0.311 e. The van der Waals surface area contributed by atoms with Crippen LogP contribution in [-0.2, 0) is 0 Å². The van der Waals surface area contributed by atoms with Crippen molar-refractivity contribution in [1.82, 2.24) is 4.90 Å². The standard InChI is InChI=1S/C9H14B5N/c1-4-7(2,3)15-5-6(10)8(11,12)9(15,13)14/h6H,4-5H2,1-3H3. The smallest absolute Gasteiger partial charge is 0.0812 e. The van der Waals surface area contributed by atoms with Crippen molar-refractivity contribution in [1.29, 1.82) is 0 Å². The molecule has 1 saturated heterocycles. The van der Waals surface area contributed by atoms with Crippen molar-refractivity contribution in [2.24, 2.45) is 0 Å². The third-order valence-electron chi connectivity index (χ3n) is 3.73. The molecule has 1 unspecified atom stereocenters. The van der Waals surface area contributed by atoms with Gasteiger partial charge >= 0.3 is 0 Å². The van der Waals surface area contributed by atoms with E-state index in [1.165, 1.54) is 0 Å². The monoisotopic (exact) mass is 191 g/mol. The Hall–Kier alpha value is 0.285. The van der Waals surface area contributed by atoms with Gasteiger partial charge in [-0.3, -0.25) is 0 Å². The van der Waals surface area contributed by atoms with E-state index in [1.807, 2.05) is 4.90 Å². The fourth-order valence-electron chi connectivity index (χ4n) is 1.97. The van der Waals surface area contributed by atoms with Crippen LogP contribution in [0.15, 0.2) is 0 Å². The third kappa shape index (κ3) is 1.83. The Balaban J connectivity index is 3.06. The van der Waals surface area contributed by atoms with Gasteiger partial charge in [0.1, 0.15) is 0 Å². The maximum atomic E-state index is 6.03. The van der Waals surface area contributed by atoms with Crippen molar-refractivity contribution in [3.05, 3.63) is 0 Å². The number of hydrogen-bond donors (Lipinski definition) is 0. The SMILES string of the molecule is [B]C1CN(C(C)(C)CC)C([B])([B])C1([B])[B]. The molecule has 1 aliphatic heterocycles. The number of nitrogens with zero attached hydrogens (tertiary/aromatic N) is 1. The highest BCUT2D eigenvalue weighted by atomic mass is 15.3. The molecule has 1 aliphatic rings. The van der Waals surface area contributed by atoms with Gasteiger partial charge in [-0.1, -0.05) is 18.1 Å². The van der Waals surface area contributed by atoms with E-state index in [9.17, 15) is 0 Å². The topological polar surface area (TPSA) is 3.24 Å². The molecule has 0 amide bonds. The lowest BCUT2D eigenvalue weighted by molar-refractivity contribution is 0.114. The van der Waals surface area contributed by atoms with Gasteiger partial charge in [0, 0.05) is 5.54 Å². The maximum Gasteiger partial charge on any atom is 0.0812 e. The van der Waals surface area contributed by atoms with Crippen LogP contribution >= 0.6 is 0 Å². The first-order chi connectivity index (χ1) is 6.57. The molecule has 15 heavy (non-hydrogen) atoms. The van der Waals surface area contributed by atoms with E-state index in [0.717, 1.165) is 6.42 Å². The predicted molar refractivity (Wildman–Crippen MR) is 69.0 cm³/mol. The van der Waals surface area contributed by atoms with E-state index in [-0.39, 0.29) is 5.54 Å². The van der Waals surface area contributed by atoms with Gasteiger partial charge in [0.25, 0.3) is 0 Å². The van der Waals surface area contributed by atoms with E-state index in [0.29, 0.717) is 6.54 Å². The lowest BCUT2D eigenvalue weighted by Crippen LogP contribution is -2.59. The lowest BCUT2D eigenvalue weighted by atomic mass is 9.30. The van der Waals surface area contributed by atoms with Gasteiger partial charge in [-0.05, 0) is 26.8 Å². The molecule has 1 atom stereocenters. The average molecular weight is 190 g/mol. The summed E-state index contributed by atoms with van der Waals surface area (Å²) in [5.74, 6) is -0.418. The molecule has 0 N–H and O–H groups in total. The van der Waals surface area contributed by atoms with Crippen molar-refractivity contribution >= 4 is 39.2 Å². The molecule has 0 aliphatic carbocycles. The Bertz CT molecular complexity index is 251. The van der Waals surface area contributed by atoms with E-state index in [2.05, 4.69) is 20.8 Å². The number of likely N-dealkylation sites (tertiary alicyclic amines) is 1. The summed E-state index contributed by atoms with van der Waals surface area (Å²) < 4.78 is 0. The molecular weight excluding hydrogens is 176 g/mol. The summed E-state index contributed by atoms with van der Waals surface area (Å²) in [6.45, 7) is 6.68. The minimum absolute atomic E-state index is 0.165. The maximum absolute atomic E-state index is 6.03. The highest BCUT2D eigenvalue weighted by Crippen LogP contribution is 2.51. The van der Waals surface area contributed by atoms with Crippen LogP contribution in [-0.4, -0.2) is 61.6 Å². The molecule has 10 radical (unpaired) electrons. The first-order valence-electron chi connectivity index (χ1n) is 5.26. The zero-order valence-corrected chi connectivity index (χ0v) is 9.83. The van der Waals surface area contributed by atoms with Gasteiger partial charge in [0.2, 0.25) is 0 Å². The molecule has 1 nitrogen and oxygen atoms in total. The summed E-state index contributed by atoms with van der Waals surface area (Å²) in [6.07, 6.45) is 0.895. The Labute approximate surface area is 100 Å². The minimum atomic E-state index is -1.27. The lowest BCUT2D eigenvalue weighted by Gasteiger charge is -2.51. The summed E-state index contributed by atoms with van der Waals surface area (Å²) in [7, 11) is 29.7. The minimum Gasteiger partial charge on any atom is -0.311 e. The Morgan fingerprint density at radius 3 is 2.00 bits per heavy atom. The van der Waals surface area contributed by atoms with E-state index >= 15 is 0 Å². The van der Waals surface area contributed by atoms with Gasteiger partial charge < -0.3 is 4.90 Å². The Morgan fingerprint density at radius 1 is 1.27 bits per heavy atom. The first-order valence-corrected chi connectivity index (χ1v) is 5.26. The average Bonchev–Trinajstić information content (AvgIpc) is 2.26. The second kappa shape index (κ2) is 3.65. The van der Waals surface area contributed by atoms with E-state index < -0.39 is 16.4 Å². The van der Waals surface area contributed by atoms with Crippen LogP contribution in [0.1, 0.15) is 27.2 Å². The molecule has 1 heterocycles. The molecule has 0 aromatic rings. The van der Waals surface area contributed by atoms with Crippen LogP contribution < -0.4 is 0 Å². The first kappa shape index (κ1) is 13.4. The number of hydrogen-bond acceptors (Lipinski definition) is 1. The Kier molecular flexibility index (Phi) is 3.25. The number of rotatable bonds is 2. The molecule has 70 valence electrons. The van der Waals surface area contributed by atoms with Crippen molar-refractivity contribution in [2.45, 2.75) is 49.1 Å². The fraction of sp³-hybridized carbons (Fsp3) is 1.00. The Morgan fingerprint density at radius 2 is 1.73 bits per heavy atom. The molecule has 1 fully saturated rings. The second-order valence-electron chi connectivity index (χ2n) is 5.14. The van der Waals surface area contributed by atoms with Crippen LogP contribution in [0.5, 0.6) is 0 Å². The van der Waals surface area contributed by atoms with Crippen molar-refractivity contribution in [2.75, 3.05) is 6.54 Å². The predicted octanol–water partition coefficient (Wildman–Crippen LogP) is -0.108. The summed E-state index contributed by atoms with van der Waals surface area (Å²) in [5, 5.41) is -2.54. The van der Waals surface area contributed by atoms with Crippen LogP contribution in [0.4, 0.5) is 0 Å². The highest BCUT2D eigenvalue weighted by Gasteiger charge is 2.52. The van der Waals surface area contributed by atoms with Gasteiger partial charge in [0.15, 0.2) is 0 Å². The van der Waals surface area contributed by atoms with Crippen molar-refractivity contribution in [3.8, 4) is 0 Å². The van der Waals surface area contributed by atoms with E-state index in [1.54, 1.807) is 0 Å². The summed E-state index contributed by atoms with van der Waals surface area (Å²) in [6, 6.07) is 0. The van der Waals surface area contributed by atoms with Gasteiger partial charge in [-0.15, -0.1) is 5.21 Å². The molecule has 0 spiro atoms. The van der Waals surface area contributed by atoms with Crippen molar-refractivity contribution in [3.63, 3.8) is 0 Å². The molecular formula is C9H14B5N. The quantitative estimate of drug-likeness (QED) is 0.549. The van der Waals surface area contributed by atoms with Gasteiger partial charge in [-0.2, -0.15) is 0 Å². The summed E-state index contributed by atoms with van der Waals surface area (Å²) in [4.78, 5) is 1.89. The van der Waals surface area contributed by atoms with Crippen LogP contribution in [0, 0.1) is 0 Å². The normalized spacial score (nSPS) is 30.5. The van der Waals surface area contributed by atoms with Gasteiger partial charge in [-0.25, -0.2) is 0 Å². The fourth-order valence-corrected chi connectivity index (χ4v) is 1.97. The van der Waals surface area contributed by atoms with Crippen LogP contribution in [0.3, 0.4) is 0 Å². The molecule has 0 aromatic carbocycles. The zero-order valence-electron chi connectivity index (χ0n) is 9.83. The molecule has 0 bridgehead atoms. The molecule has 0 saturated carbocycles. The van der Waals surface area contributed by atoms with Crippen LogP contribution in [0.25, 0.3) is 0 Å². The second-order valence-corrected chi connectivity index (χ2v) is 5.14. The summed E-state index contributed by atoms with van der Waals surface area (Å²) in [5.41, 5.74) is -0.165. The molecule has 1 rings (SSSR count). The third-order valence-corrected chi connectivity index (χ3v) is 3.73. The van der Waals surface area contributed by atoms with E-state index in [4.69, 9.17) is 39.2 Å².